The van der Waals surface area contributed by atoms with Crippen LogP contribution in [0.15, 0.2) is 18.2 Å². The molecule has 1 aliphatic heterocycles. The van der Waals surface area contributed by atoms with Crippen LogP contribution in [0.25, 0.3) is 0 Å². The molecule has 0 saturated heterocycles. The van der Waals surface area contributed by atoms with E-state index in [0.717, 1.165) is 0 Å². The van der Waals surface area contributed by atoms with Crippen LogP contribution in [0.2, 0.25) is 18.1 Å². The Kier molecular flexibility index (Phi) is 4.74. The summed E-state index contributed by atoms with van der Waals surface area (Å²) in [7, 11) is -2.05. The molecule has 7 nitrogen and oxygen atoms in total. The third kappa shape index (κ3) is 3.59. The Balaban J connectivity index is 2.19. The number of rotatable bonds is 4. The number of hydrogen-bond donors (Lipinski definition) is 1. The number of anilines is 1. The van der Waals surface area contributed by atoms with Crippen molar-refractivity contribution in [1.82, 2.24) is 0 Å². The molecule has 132 valence electrons. The van der Waals surface area contributed by atoms with Gasteiger partial charge in [-0.3, -0.25) is 14.9 Å². The van der Waals surface area contributed by atoms with Crippen LogP contribution < -0.4 is 10.1 Å². The minimum atomic E-state index is -2.05. The minimum absolute atomic E-state index is 0.0188. The Morgan fingerprint density at radius 2 is 2.00 bits per heavy atom. The van der Waals surface area contributed by atoms with Crippen LogP contribution in [-0.4, -0.2) is 31.4 Å². The largest absolute Gasteiger partial charge is 0.476 e. The minimum Gasteiger partial charge on any atom is -0.476 e. The standard InChI is InChI=1S/C16H24N2O5Si/c1-10(23-24(5,6)16(2,3)4)14-15(19)17-12-9-11(18(20)21)7-8-13(12)22-14/h7-10,14H,1-6H3,(H,17,19). The van der Waals surface area contributed by atoms with E-state index in [1.165, 1.54) is 18.2 Å². The number of non-ortho nitro benzene ring substituents is 1. The van der Waals surface area contributed by atoms with Crippen LogP contribution >= 0.6 is 0 Å². The SMILES string of the molecule is CC(O[Si](C)(C)C(C)(C)C)C1Oc2ccc([N+](=O)[O-])cc2NC1=O. The Morgan fingerprint density at radius 1 is 1.38 bits per heavy atom. The summed E-state index contributed by atoms with van der Waals surface area (Å²) in [5.41, 5.74) is 0.214. The first kappa shape index (κ1) is 18.4. The zero-order valence-electron chi connectivity index (χ0n) is 14.9. The summed E-state index contributed by atoms with van der Waals surface area (Å²) < 4.78 is 12.0. The van der Waals surface area contributed by atoms with E-state index in [2.05, 4.69) is 39.2 Å². The molecule has 0 aliphatic carbocycles. The van der Waals surface area contributed by atoms with Crippen LogP contribution in [0.3, 0.4) is 0 Å². The Hall–Kier alpha value is -1.93. The van der Waals surface area contributed by atoms with Gasteiger partial charge in [0.2, 0.25) is 6.10 Å². The maximum Gasteiger partial charge on any atom is 0.271 e. The summed E-state index contributed by atoms with van der Waals surface area (Å²) >= 11 is 0. The number of nitro benzene ring substituents is 1. The number of ether oxygens (including phenoxy) is 1. The molecular weight excluding hydrogens is 328 g/mol. The molecule has 2 unspecified atom stereocenters. The van der Waals surface area contributed by atoms with Gasteiger partial charge < -0.3 is 14.5 Å². The normalized spacial score (nSPS) is 19.1. The number of fused-ring (bicyclic) bond motifs is 1. The number of hydrogen-bond acceptors (Lipinski definition) is 5. The van der Waals surface area contributed by atoms with Crippen LogP contribution in [0, 0.1) is 10.1 Å². The topological polar surface area (TPSA) is 90.7 Å². The quantitative estimate of drug-likeness (QED) is 0.507. The Labute approximate surface area is 142 Å². The van der Waals surface area contributed by atoms with Gasteiger partial charge in [0.05, 0.1) is 16.7 Å². The smallest absolute Gasteiger partial charge is 0.271 e. The van der Waals surface area contributed by atoms with Gasteiger partial charge in [-0.15, -0.1) is 0 Å². The highest BCUT2D eigenvalue weighted by Gasteiger charge is 2.42. The summed E-state index contributed by atoms with van der Waals surface area (Å²) in [6.45, 7) is 12.4. The van der Waals surface area contributed by atoms with Crippen molar-refractivity contribution in [2.45, 2.75) is 58.0 Å². The van der Waals surface area contributed by atoms with Crippen LogP contribution in [0.1, 0.15) is 27.7 Å². The Morgan fingerprint density at radius 3 is 2.54 bits per heavy atom. The number of nitrogens with zero attached hydrogens (tertiary/aromatic N) is 1. The number of amides is 1. The lowest BCUT2D eigenvalue weighted by Gasteiger charge is -2.40. The molecule has 0 radical (unpaired) electrons. The molecule has 1 aromatic carbocycles. The number of nitro groups is 1. The van der Waals surface area contributed by atoms with Crippen LogP contribution in [0.4, 0.5) is 11.4 Å². The van der Waals surface area contributed by atoms with E-state index in [-0.39, 0.29) is 16.6 Å². The number of benzene rings is 1. The lowest BCUT2D eigenvalue weighted by Crippen LogP contribution is -2.51. The van der Waals surface area contributed by atoms with E-state index in [0.29, 0.717) is 11.4 Å². The van der Waals surface area contributed by atoms with Crippen molar-refractivity contribution < 1.29 is 18.9 Å². The average Bonchev–Trinajstić information content (AvgIpc) is 2.43. The van der Waals surface area contributed by atoms with Gasteiger partial charge in [-0.05, 0) is 31.1 Å². The first-order valence-corrected chi connectivity index (χ1v) is 10.8. The predicted molar refractivity (Wildman–Crippen MR) is 93.9 cm³/mol. The third-order valence-electron chi connectivity index (χ3n) is 4.66. The molecule has 0 fully saturated rings. The molecule has 1 aliphatic rings. The second kappa shape index (κ2) is 6.17. The molecule has 0 bridgehead atoms. The zero-order valence-corrected chi connectivity index (χ0v) is 15.9. The fourth-order valence-corrected chi connectivity index (χ4v) is 3.65. The van der Waals surface area contributed by atoms with E-state index in [4.69, 9.17) is 9.16 Å². The first-order valence-electron chi connectivity index (χ1n) is 7.86. The van der Waals surface area contributed by atoms with Crippen molar-refractivity contribution in [2.24, 2.45) is 0 Å². The van der Waals surface area contributed by atoms with Crippen molar-refractivity contribution in [3.63, 3.8) is 0 Å². The molecule has 2 rings (SSSR count). The molecule has 0 aromatic heterocycles. The summed E-state index contributed by atoms with van der Waals surface area (Å²) in [5.74, 6) is 0.0603. The maximum atomic E-state index is 12.3. The van der Waals surface area contributed by atoms with E-state index in [9.17, 15) is 14.9 Å². The third-order valence-corrected chi connectivity index (χ3v) is 9.23. The van der Waals surface area contributed by atoms with Gasteiger partial charge in [-0.2, -0.15) is 0 Å². The van der Waals surface area contributed by atoms with Crippen molar-refractivity contribution in [3.8, 4) is 5.75 Å². The summed E-state index contributed by atoms with van der Waals surface area (Å²) in [6, 6.07) is 4.15. The van der Waals surface area contributed by atoms with Gasteiger partial charge in [0.15, 0.2) is 8.32 Å². The highest BCUT2D eigenvalue weighted by molar-refractivity contribution is 6.74. The van der Waals surface area contributed by atoms with Gasteiger partial charge in [0.1, 0.15) is 5.75 Å². The van der Waals surface area contributed by atoms with Gasteiger partial charge >= 0.3 is 0 Å². The van der Waals surface area contributed by atoms with Crippen LogP contribution in [0.5, 0.6) is 5.75 Å². The number of nitrogens with one attached hydrogen (secondary N) is 1. The van der Waals surface area contributed by atoms with Gasteiger partial charge in [0.25, 0.3) is 11.6 Å². The van der Waals surface area contributed by atoms with Crippen LogP contribution in [-0.2, 0) is 9.22 Å². The molecule has 0 saturated carbocycles. The number of carbonyl (C=O) groups is 1. The van der Waals surface area contributed by atoms with Gasteiger partial charge in [-0.25, -0.2) is 0 Å². The fraction of sp³-hybridized carbons (Fsp3) is 0.562. The molecule has 1 aromatic rings. The number of carbonyl (C=O) groups excluding carboxylic acids is 1. The molecule has 1 amide bonds. The molecule has 8 heteroatoms. The van der Waals surface area contributed by atoms with Gasteiger partial charge in [-0.1, -0.05) is 20.8 Å². The highest BCUT2D eigenvalue weighted by atomic mass is 28.4. The monoisotopic (exact) mass is 352 g/mol. The fourth-order valence-electron chi connectivity index (χ4n) is 2.24. The average molecular weight is 352 g/mol. The highest BCUT2D eigenvalue weighted by Crippen LogP contribution is 2.39. The Bertz CT molecular complexity index is 669. The summed E-state index contributed by atoms with van der Waals surface area (Å²) in [5, 5.41) is 13.5. The van der Waals surface area contributed by atoms with Crippen molar-refractivity contribution in [1.29, 1.82) is 0 Å². The first-order chi connectivity index (χ1) is 10.9. The van der Waals surface area contributed by atoms with Crippen molar-refractivity contribution >= 4 is 25.6 Å². The maximum absolute atomic E-state index is 12.3. The molecule has 1 N–H and O–H groups in total. The predicted octanol–water partition coefficient (Wildman–Crippen LogP) is 3.70. The lowest BCUT2D eigenvalue weighted by atomic mass is 10.1. The summed E-state index contributed by atoms with van der Waals surface area (Å²) in [4.78, 5) is 22.7. The van der Waals surface area contributed by atoms with E-state index >= 15 is 0 Å². The molecular formula is C16H24N2O5Si. The molecule has 1 heterocycles. The van der Waals surface area contributed by atoms with Gasteiger partial charge in [0, 0.05) is 12.1 Å². The second-order valence-corrected chi connectivity index (χ2v) is 12.3. The van der Waals surface area contributed by atoms with E-state index in [1.807, 2.05) is 6.92 Å². The molecule has 0 spiro atoms. The van der Waals surface area contributed by atoms with E-state index in [1.54, 1.807) is 0 Å². The molecule has 2 atom stereocenters. The lowest BCUT2D eigenvalue weighted by molar-refractivity contribution is -0.384. The zero-order chi connectivity index (χ0) is 18.3. The van der Waals surface area contributed by atoms with Crippen molar-refractivity contribution in [3.05, 3.63) is 28.3 Å². The second-order valence-electron chi connectivity index (χ2n) is 7.55. The summed E-state index contributed by atoms with van der Waals surface area (Å²) in [6.07, 6.45) is -1.21. The molecule has 24 heavy (non-hydrogen) atoms. The van der Waals surface area contributed by atoms with E-state index < -0.39 is 25.4 Å². The van der Waals surface area contributed by atoms with Crippen molar-refractivity contribution in [2.75, 3.05) is 5.32 Å².